The number of hydrogen-bond acceptors (Lipinski definition) is 3. The van der Waals surface area contributed by atoms with Gasteiger partial charge in [-0.25, -0.2) is 4.39 Å². The second-order valence-corrected chi connectivity index (χ2v) is 4.89. The van der Waals surface area contributed by atoms with Crippen LogP contribution in [0.25, 0.3) is 0 Å². The number of halogens is 1. The normalized spacial score (nSPS) is 10.5. The summed E-state index contributed by atoms with van der Waals surface area (Å²) in [7, 11) is 3.46. The number of ether oxygens (including phenoxy) is 2. The van der Waals surface area contributed by atoms with Crippen molar-refractivity contribution in [2.75, 3.05) is 14.2 Å². The van der Waals surface area contributed by atoms with Crippen LogP contribution in [0.4, 0.5) is 4.39 Å². The highest BCUT2D eigenvalue weighted by atomic mass is 19.1. The van der Waals surface area contributed by atoms with Gasteiger partial charge in [0.2, 0.25) is 0 Å². The molecule has 0 saturated carbocycles. The highest BCUT2D eigenvalue weighted by Crippen LogP contribution is 2.24. The molecule has 2 aromatic carbocycles. The average Bonchev–Trinajstić information content (AvgIpc) is 2.47. The van der Waals surface area contributed by atoms with Crippen LogP contribution in [0.3, 0.4) is 0 Å². The van der Waals surface area contributed by atoms with Crippen LogP contribution in [-0.2, 0) is 13.2 Å². The molecule has 112 valence electrons. The Morgan fingerprint density at radius 3 is 2.52 bits per heavy atom. The van der Waals surface area contributed by atoms with E-state index in [4.69, 9.17) is 9.47 Å². The number of benzene rings is 2. The molecule has 4 heteroatoms. The molecule has 0 heterocycles. The van der Waals surface area contributed by atoms with Gasteiger partial charge in [-0.3, -0.25) is 0 Å². The number of aryl methyl sites for hydroxylation is 1. The van der Waals surface area contributed by atoms with Gasteiger partial charge in [-0.2, -0.15) is 0 Å². The van der Waals surface area contributed by atoms with E-state index in [-0.39, 0.29) is 5.82 Å². The largest absolute Gasteiger partial charge is 0.496 e. The summed E-state index contributed by atoms with van der Waals surface area (Å²) in [6, 6.07) is 10.5. The number of hydrogen-bond donors (Lipinski definition) is 1. The van der Waals surface area contributed by atoms with E-state index < -0.39 is 0 Å². The van der Waals surface area contributed by atoms with Crippen LogP contribution in [0.2, 0.25) is 0 Å². The first kappa shape index (κ1) is 15.3. The van der Waals surface area contributed by atoms with Gasteiger partial charge in [0, 0.05) is 17.7 Å². The third-order valence-electron chi connectivity index (χ3n) is 3.21. The Labute approximate surface area is 124 Å². The van der Waals surface area contributed by atoms with E-state index in [1.54, 1.807) is 13.2 Å². The van der Waals surface area contributed by atoms with Crippen LogP contribution in [-0.4, -0.2) is 14.2 Å². The first-order valence-electron chi connectivity index (χ1n) is 6.83. The minimum absolute atomic E-state index is 0.263. The maximum atomic E-state index is 13.3. The Bertz CT molecular complexity index is 614. The zero-order valence-corrected chi connectivity index (χ0v) is 12.6. The molecule has 0 amide bonds. The lowest BCUT2D eigenvalue weighted by atomic mass is 10.1. The first-order valence-corrected chi connectivity index (χ1v) is 6.83. The lowest BCUT2D eigenvalue weighted by molar-refractivity contribution is 0.292. The van der Waals surface area contributed by atoms with Gasteiger partial charge >= 0.3 is 0 Å². The molecule has 3 nitrogen and oxygen atoms in total. The Kier molecular flexibility index (Phi) is 5.17. The maximum absolute atomic E-state index is 13.3. The van der Waals surface area contributed by atoms with Gasteiger partial charge in [0.15, 0.2) is 0 Å². The minimum Gasteiger partial charge on any atom is -0.496 e. The molecule has 0 radical (unpaired) electrons. The van der Waals surface area contributed by atoms with Crippen LogP contribution in [0, 0.1) is 12.7 Å². The highest BCUT2D eigenvalue weighted by molar-refractivity contribution is 5.38. The van der Waals surface area contributed by atoms with Gasteiger partial charge in [-0.15, -0.1) is 0 Å². The van der Waals surface area contributed by atoms with Crippen molar-refractivity contribution in [3.63, 3.8) is 0 Å². The van der Waals surface area contributed by atoms with Crippen molar-refractivity contribution in [2.45, 2.75) is 20.1 Å². The van der Waals surface area contributed by atoms with Gasteiger partial charge in [0.25, 0.3) is 0 Å². The van der Waals surface area contributed by atoms with E-state index in [1.165, 1.54) is 12.1 Å². The van der Waals surface area contributed by atoms with Crippen LogP contribution in [0.1, 0.15) is 16.7 Å². The summed E-state index contributed by atoms with van der Waals surface area (Å²) in [5.41, 5.74) is 2.91. The SMILES string of the molecule is CNCc1cc(F)ccc1OCc1cc(C)ccc1OC. The number of nitrogens with one attached hydrogen (secondary N) is 1. The molecular formula is C17H20FNO2. The van der Waals surface area contributed by atoms with Gasteiger partial charge in [-0.1, -0.05) is 11.6 Å². The molecule has 0 fully saturated rings. The van der Waals surface area contributed by atoms with Crippen molar-refractivity contribution >= 4 is 0 Å². The van der Waals surface area contributed by atoms with E-state index in [1.807, 2.05) is 32.2 Å². The smallest absolute Gasteiger partial charge is 0.125 e. The van der Waals surface area contributed by atoms with Gasteiger partial charge in [0.1, 0.15) is 23.9 Å². The summed E-state index contributed by atoms with van der Waals surface area (Å²) >= 11 is 0. The molecule has 21 heavy (non-hydrogen) atoms. The van der Waals surface area contributed by atoms with Crippen molar-refractivity contribution < 1.29 is 13.9 Å². The molecule has 0 aliphatic heterocycles. The molecule has 0 spiro atoms. The van der Waals surface area contributed by atoms with E-state index in [9.17, 15) is 4.39 Å². The fourth-order valence-corrected chi connectivity index (χ4v) is 2.19. The van der Waals surface area contributed by atoms with Gasteiger partial charge in [0.05, 0.1) is 7.11 Å². The van der Waals surface area contributed by atoms with Crippen molar-refractivity contribution in [3.05, 3.63) is 58.9 Å². The molecule has 2 aromatic rings. The molecule has 0 atom stereocenters. The fourth-order valence-electron chi connectivity index (χ4n) is 2.19. The Balaban J connectivity index is 2.18. The van der Waals surface area contributed by atoms with Crippen LogP contribution < -0.4 is 14.8 Å². The second kappa shape index (κ2) is 7.09. The minimum atomic E-state index is -0.263. The van der Waals surface area contributed by atoms with Crippen molar-refractivity contribution in [2.24, 2.45) is 0 Å². The summed E-state index contributed by atoms with van der Waals surface area (Å²) in [6.07, 6.45) is 0. The summed E-state index contributed by atoms with van der Waals surface area (Å²) < 4.78 is 24.5. The van der Waals surface area contributed by atoms with E-state index in [0.29, 0.717) is 18.9 Å². The topological polar surface area (TPSA) is 30.5 Å². The van der Waals surface area contributed by atoms with Crippen LogP contribution in [0.5, 0.6) is 11.5 Å². The quantitative estimate of drug-likeness (QED) is 0.883. The lowest BCUT2D eigenvalue weighted by Gasteiger charge is -2.14. The molecule has 0 unspecified atom stereocenters. The van der Waals surface area contributed by atoms with Crippen molar-refractivity contribution in [1.82, 2.24) is 5.32 Å². The van der Waals surface area contributed by atoms with Crippen LogP contribution >= 0.6 is 0 Å². The number of methoxy groups -OCH3 is 1. The van der Waals surface area contributed by atoms with E-state index in [2.05, 4.69) is 5.32 Å². The Hall–Kier alpha value is -2.07. The summed E-state index contributed by atoms with van der Waals surface area (Å²) in [5, 5.41) is 3.01. The van der Waals surface area contributed by atoms with Gasteiger partial charge in [-0.05, 0) is 44.3 Å². The van der Waals surface area contributed by atoms with Crippen LogP contribution in [0.15, 0.2) is 36.4 Å². The fraction of sp³-hybridized carbons (Fsp3) is 0.294. The zero-order chi connectivity index (χ0) is 15.2. The summed E-state index contributed by atoms with van der Waals surface area (Å²) in [5.74, 6) is 1.20. The van der Waals surface area contributed by atoms with Crippen molar-refractivity contribution in [1.29, 1.82) is 0 Å². The number of rotatable bonds is 6. The Morgan fingerprint density at radius 1 is 1.05 bits per heavy atom. The summed E-state index contributed by atoms with van der Waals surface area (Å²) in [6.45, 7) is 2.96. The standard InChI is InChI=1S/C17H20FNO2/c1-12-4-6-16(20-3)14(8-12)11-21-17-7-5-15(18)9-13(17)10-19-2/h4-9,19H,10-11H2,1-3H3. The van der Waals surface area contributed by atoms with E-state index in [0.717, 1.165) is 22.4 Å². The molecule has 0 bridgehead atoms. The molecule has 2 rings (SSSR count). The predicted molar refractivity (Wildman–Crippen MR) is 81.2 cm³/mol. The third-order valence-corrected chi connectivity index (χ3v) is 3.21. The highest BCUT2D eigenvalue weighted by Gasteiger charge is 2.08. The monoisotopic (exact) mass is 289 g/mol. The maximum Gasteiger partial charge on any atom is 0.125 e. The van der Waals surface area contributed by atoms with Crippen molar-refractivity contribution in [3.8, 4) is 11.5 Å². The first-order chi connectivity index (χ1) is 10.1. The van der Waals surface area contributed by atoms with E-state index >= 15 is 0 Å². The molecule has 0 aliphatic carbocycles. The lowest BCUT2D eigenvalue weighted by Crippen LogP contribution is -2.08. The Morgan fingerprint density at radius 2 is 1.81 bits per heavy atom. The zero-order valence-electron chi connectivity index (χ0n) is 12.6. The molecular weight excluding hydrogens is 269 g/mol. The summed E-state index contributed by atoms with van der Waals surface area (Å²) in [4.78, 5) is 0. The molecule has 1 N–H and O–H groups in total. The molecule has 0 saturated heterocycles. The third kappa shape index (κ3) is 3.95. The second-order valence-electron chi connectivity index (χ2n) is 4.89. The molecule has 0 aromatic heterocycles. The van der Waals surface area contributed by atoms with Gasteiger partial charge < -0.3 is 14.8 Å². The average molecular weight is 289 g/mol. The molecule has 0 aliphatic rings. The predicted octanol–water partition coefficient (Wildman–Crippen LogP) is 3.44.